The maximum absolute atomic E-state index is 8.57. The van der Waals surface area contributed by atoms with Crippen molar-refractivity contribution in [3.63, 3.8) is 0 Å². The van der Waals surface area contributed by atoms with Crippen LogP contribution in [-0.4, -0.2) is 0 Å². The van der Waals surface area contributed by atoms with E-state index in [1.54, 1.807) is 11.6 Å². The van der Waals surface area contributed by atoms with Crippen molar-refractivity contribution in [1.29, 1.82) is 5.26 Å². The second-order valence-corrected chi connectivity index (χ2v) is 9.78. The van der Waals surface area contributed by atoms with E-state index in [0.717, 1.165) is 30.1 Å². The molecule has 1 heteroatoms. The lowest BCUT2D eigenvalue weighted by Gasteiger charge is -2.32. The first-order valence-electron chi connectivity index (χ1n) is 12.4. The Balaban J connectivity index is 1.30. The third kappa shape index (κ3) is 7.33. The van der Waals surface area contributed by atoms with Crippen molar-refractivity contribution in [2.75, 3.05) is 0 Å². The van der Waals surface area contributed by atoms with Gasteiger partial charge in [0.25, 0.3) is 0 Å². The van der Waals surface area contributed by atoms with Crippen LogP contribution in [-0.2, 0) is 6.42 Å². The highest BCUT2D eigenvalue weighted by atomic mass is 14.3. The normalized spacial score (nSPS) is 27.7. The summed E-state index contributed by atoms with van der Waals surface area (Å²) in [4.78, 5) is 0. The van der Waals surface area contributed by atoms with Gasteiger partial charge in [-0.2, -0.15) is 5.26 Å². The largest absolute Gasteiger partial charge is 0.193 e. The summed E-state index contributed by atoms with van der Waals surface area (Å²) in [6.07, 6.45) is 22.9. The van der Waals surface area contributed by atoms with E-state index in [2.05, 4.69) is 37.3 Å². The van der Waals surface area contributed by atoms with Crippen molar-refractivity contribution < 1.29 is 0 Å². The maximum atomic E-state index is 8.57. The van der Waals surface area contributed by atoms with Crippen LogP contribution in [0.2, 0.25) is 0 Å². The lowest BCUT2D eigenvalue weighted by molar-refractivity contribution is 0.225. The molecule has 2 aliphatic rings. The number of benzene rings is 1. The van der Waals surface area contributed by atoms with Gasteiger partial charge in [-0.25, -0.2) is 0 Å². The highest BCUT2D eigenvalue weighted by Crippen LogP contribution is 2.40. The predicted octanol–water partition coefficient (Wildman–Crippen LogP) is 8.36. The van der Waals surface area contributed by atoms with Crippen molar-refractivity contribution in [2.45, 2.75) is 103 Å². The van der Waals surface area contributed by atoms with Gasteiger partial charge in [0.2, 0.25) is 0 Å². The van der Waals surface area contributed by atoms with Crippen LogP contribution in [0.5, 0.6) is 0 Å². The highest BCUT2D eigenvalue weighted by Gasteiger charge is 2.25. The number of nitriles is 1. The minimum Gasteiger partial charge on any atom is -0.193 e. The molecule has 1 aromatic rings. The average Bonchev–Trinajstić information content (AvgIpc) is 2.77. The van der Waals surface area contributed by atoms with Crippen molar-refractivity contribution in [3.8, 4) is 6.07 Å². The predicted molar refractivity (Wildman–Crippen MR) is 124 cm³/mol. The Morgan fingerprint density at radius 2 is 1.38 bits per heavy atom. The molecule has 0 saturated heterocycles. The molecular formula is C28H41N. The molecular weight excluding hydrogens is 350 g/mol. The van der Waals surface area contributed by atoms with Crippen molar-refractivity contribution in [3.05, 3.63) is 47.5 Å². The van der Waals surface area contributed by atoms with Gasteiger partial charge in [-0.3, -0.25) is 0 Å². The van der Waals surface area contributed by atoms with E-state index < -0.39 is 0 Å². The van der Waals surface area contributed by atoms with Crippen LogP contribution < -0.4 is 0 Å². The molecule has 1 aromatic carbocycles. The zero-order chi connectivity index (χ0) is 20.3. The van der Waals surface area contributed by atoms with Gasteiger partial charge in [0, 0.05) is 6.08 Å². The Hall–Kier alpha value is -1.55. The van der Waals surface area contributed by atoms with E-state index in [4.69, 9.17) is 5.26 Å². The van der Waals surface area contributed by atoms with Crippen molar-refractivity contribution >= 4 is 0 Å². The monoisotopic (exact) mass is 391 g/mol. The quantitative estimate of drug-likeness (QED) is 0.388. The summed E-state index contributed by atoms with van der Waals surface area (Å²) in [7, 11) is 0. The molecule has 0 N–H and O–H groups in total. The molecule has 0 bridgehead atoms. The fourth-order valence-corrected chi connectivity index (χ4v) is 5.78. The maximum Gasteiger partial charge on any atom is 0.0908 e. The fraction of sp³-hybridized carbons (Fsp3) is 0.679. The van der Waals surface area contributed by atoms with Crippen LogP contribution in [0.15, 0.2) is 36.4 Å². The van der Waals surface area contributed by atoms with E-state index in [0.29, 0.717) is 0 Å². The molecule has 2 aliphatic carbocycles. The van der Waals surface area contributed by atoms with Gasteiger partial charge in [0.05, 0.1) is 6.07 Å². The van der Waals surface area contributed by atoms with Gasteiger partial charge >= 0.3 is 0 Å². The second kappa shape index (κ2) is 12.2. The van der Waals surface area contributed by atoms with Crippen LogP contribution in [0.1, 0.15) is 107 Å². The van der Waals surface area contributed by atoms with Gasteiger partial charge in [0.15, 0.2) is 0 Å². The Bertz CT molecular complexity index is 634. The third-order valence-electron chi connectivity index (χ3n) is 7.72. The number of allylic oxidation sites excluding steroid dienone is 2. The third-order valence-corrected chi connectivity index (χ3v) is 7.72. The Morgan fingerprint density at radius 3 is 1.93 bits per heavy atom. The molecule has 0 atom stereocenters. The molecule has 0 heterocycles. The SMILES string of the molecule is CCCc1ccc(C2CCC(CCC3CCC(CC/C=C/C#N)CC3)CC2)cc1. The average molecular weight is 392 g/mol. The number of nitrogens with zero attached hydrogens (tertiary/aromatic N) is 1. The first-order valence-corrected chi connectivity index (χ1v) is 12.4. The van der Waals surface area contributed by atoms with Gasteiger partial charge in [0.1, 0.15) is 0 Å². The van der Waals surface area contributed by atoms with Crippen LogP contribution in [0.25, 0.3) is 0 Å². The second-order valence-electron chi connectivity index (χ2n) is 9.78. The lowest BCUT2D eigenvalue weighted by Crippen LogP contribution is -2.17. The molecule has 3 rings (SSSR count). The summed E-state index contributed by atoms with van der Waals surface area (Å²) in [5.74, 6) is 3.70. The van der Waals surface area contributed by atoms with E-state index in [1.807, 2.05) is 6.08 Å². The van der Waals surface area contributed by atoms with Crippen molar-refractivity contribution in [1.82, 2.24) is 0 Å². The molecule has 0 unspecified atom stereocenters. The van der Waals surface area contributed by atoms with Crippen molar-refractivity contribution in [2.24, 2.45) is 17.8 Å². The summed E-state index contributed by atoms with van der Waals surface area (Å²) < 4.78 is 0. The Kier molecular flexibility index (Phi) is 9.33. The minimum absolute atomic E-state index is 0.812. The summed E-state index contributed by atoms with van der Waals surface area (Å²) in [6.45, 7) is 2.26. The van der Waals surface area contributed by atoms with Gasteiger partial charge in [-0.15, -0.1) is 0 Å². The number of hydrogen-bond donors (Lipinski definition) is 0. The summed E-state index contributed by atoms with van der Waals surface area (Å²) >= 11 is 0. The molecule has 0 aliphatic heterocycles. The van der Waals surface area contributed by atoms with Gasteiger partial charge < -0.3 is 0 Å². The Morgan fingerprint density at radius 1 is 0.828 bits per heavy atom. The van der Waals surface area contributed by atoms with E-state index in [1.165, 1.54) is 89.0 Å². The minimum atomic E-state index is 0.812. The molecule has 158 valence electrons. The van der Waals surface area contributed by atoms with Crippen LogP contribution in [0.4, 0.5) is 0 Å². The topological polar surface area (TPSA) is 23.8 Å². The standard InChI is InChI=1S/C28H41N/c1-2-6-23-14-18-27(19-15-23)28-20-16-26(17-21-28)13-12-25-10-8-24(9-11-25)7-4-3-5-22-29/h3,5,14-15,18-19,24-26,28H,2,4,6-13,16-17,20-21H2,1H3/b5-3+. The Labute approximate surface area is 179 Å². The lowest BCUT2D eigenvalue weighted by atomic mass is 9.74. The molecule has 2 fully saturated rings. The van der Waals surface area contributed by atoms with Crippen LogP contribution >= 0.6 is 0 Å². The first-order chi connectivity index (χ1) is 14.3. The van der Waals surface area contributed by atoms with E-state index >= 15 is 0 Å². The molecule has 0 amide bonds. The summed E-state index contributed by atoms with van der Waals surface area (Å²) in [5.41, 5.74) is 3.09. The summed E-state index contributed by atoms with van der Waals surface area (Å²) in [6, 6.07) is 11.6. The molecule has 2 saturated carbocycles. The number of aryl methyl sites for hydroxylation is 1. The van der Waals surface area contributed by atoms with E-state index in [9.17, 15) is 0 Å². The molecule has 1 nitrogen and oxygen atoms in total. The van der Waals surface area contributed by atoms with Gasteiger partial charge in [-0.05, 0) is 79.7 Å². The zero-order valence-electron chi connectivity index (χ0n) is 18.6. The number of hydrogen-bond acceptors (Lipinski definition) is 1. The smallest absolute Gasteiger partial charge is 0.0908 e. The van der Waals surface area contributed by atoms with Crippen LogP contribution in [0, 0.1) is 29.1 Å². The molecule has 29 heavy (non-hydrogen) atoms. The zero-order valence-corrected chi connectivity index (χ0v) is 18.6. The summed E-state index contributed by atoms with van der Waals surface area (Å²) in [5, 5.41) is 8.57. The highest BCUT2D eigenvalue weighted by molar-refractivity contribution is 5.25. The first kappa shape index (κ1) is 22.1. The van der Waals surface area contributed by atoms with Gasteiger partial charge in [-0.1, -0.05) is 82.2 Å². The molecule has 0 aromatic heterocycles. The molecule has 0 spiro atoms. The molecule has 0 radical (unpaired) electrons. The van der Waals surface area contributed by atoms with E-state index in [-0.39, 0.29) is 0 Å². The number of rotatable bonds is 9. The van der Waals surface area contributed by atoms with Crippen LogP contribution in [0.3, 0.4) is 0 Å². The fourth-order valence-electron chi connectivity index (χ4n) is 5.78.